The van der Waals surface area contributed by atoms with Crippen molar-refractivity contribution in [3.8, 4) is 5.75 Å². The summed E-state index contributed by atoms with van der Waals surface area (Å²) in [4.78, 5) is 4.36. The summed E-state index contributed by atoms with van der Waals surface area (Å²) < 4.78 is 5.35. The second-order valence-corrected chi connectivity index (χ2v) is 6.71. The van der Waals surface area contributed by atoms with Crippen molar-refractivity contribution in [1.82, 2.24) is 10.3 Å². The highest BCUT2D eigenvalue weighted by Crippen LogP contribution is 2.36. The highest BCUT2D eigenvalue weighted by molar-refractivity contribution is 5.27. The third-order valence-corrected chi connectivity index (χ3v) is 4.52. The average Bonchev–Trinajstić information content (AvgIpc) is 2.72. The van der Waals surface area contributed by atoms with Crippen LogP contribution in [0.15, 0.2) is 18.5 Å². The summed E-state index contributed by atoms with van der Waals surface area (Å²) in [6.45, 7) is 6.77. The standard InChI is InChI=1S/C18H30N2O/c1-14(2)10-19-11-15-7-5-4-6-8-18(15)16-9-17(21-3)13-20-12-16/h9,12-15,18-19H,4-8,10-11H2,1-3H3. The van der Waals surface area contributed by atoms with Crippen molar-refractivity contribution in [2.24, 2.45) is 11.8 Å². The van der Waals surface area contributed by atoms with Gasteiger partial charge in [0.1, 0.15) is 5.75 Å². The summed E-state index contributed by atoms with van der Waals surface area (Å²) >= 11 is 0. The number of rotatable bonds is 6. The molecule has 3 heteroatoms. The zero-order valence-corrected chi connectivity index (χ0v) is 13.8. The van der Waals surface area contributed by atoms with Crippen LogP contribution in [0.1, 0.15) is 57.4 Å². The van der Waals surface area contributed by atoms with E-state index in [0.717, 1.165) is 24.8 Å². The van der Waals surface area contributed by atoms with Crippen molar-refractivity contribution in [3.63, 3.8) is 0 Å². The molecule has 2 unspecified atom stereocenters. The van der Waals surface area contributed by atoms with Gasteiger partial charge in [-0.05, 0) is 55.3 Å². The molecule has 1 aliphatic carbocycles. The first-order valence-corrected chi connectivity index (χ1v) is 8.40. The molecule has 0 saturated heterocycles. The molecule has 1 saturated carbocycles. The molecule has 1 aromatic rings. The van der Waals surface area contributed by atoms with Gasteiger partial charge in [-0.1, -0.05) is 33.1 Å². The zero-order valence-electron chi connectivity index (χ0n) is 13.8. The Morgan fingerprint density at radius 3 is 2.81 bits per heavy atom. The molecule has 0 bridgehead atoms. The fourth-order valence-corrected chi connectivity index (χ4v) is 3.38. The molecular weight excluding hydrogens is 260 g/mol. The largest absolute Gasteiger partial charge is 0.495 e. The molecule has 0 aliphatic heterocycles. The Balaban J connectivity index is 2.07. The number of nitrogens with zero attached hydrogens (tertiary/aromatic N) is 1. The third-order valence-electron chi connectivity index (χ3n) is 4.52. The van der Waals surface area contributed by atoms with Crippen LogP contribution in [0.4, 0.5) is 0 Å². The van der Waals surface area contributed by atoms with Crippen LogP contribution in [-0.2, 0) is 0 Å². The van der Waals surface area contributed by atoms with Gasteiger partial charge >= 0.3 is 0 Å². The maximum atomic E-state index is 5.35. The van der Waals surface area contributed by atoms with Gasteiger partial charge in [0.25, 0.3) is 0 Å². The SMILES string of the molecule is COc1cncc(C2CCCCCC2CNCC(C)C)c1. The summed E-state index contributed by atoms with van der Waals surface area (Å²) in [7, 11) is 1.72. The van der Waals surface area contributed by atoms with E-state index in [0.29, 0.717) is 11.8 Å². The second kappa shape index (κ2) is 8.38. The Labute approximate surface area is 129 Å². The Kier molecular flexibility index (Phi) is 6.50. The van der Waals surface area contributed by atoms with E-state index in [1.807, 2.05) is 6.20 Å². The molecule has 1 N–H and O–H groups in total. The molecule has 0 spiro atoms. The van der Waals surface area contributed by atoms with Crippen LogP contribution in [0.3, 0.4) is 0 Å². The number of nitrogens with one attached hydrogen (secondary N) is 1. The molecule has 0 amide bonds. The van der Waals surface area contributed by atoms with Crippen molar-refractivity contribution in [1.29, 1.82) is 0 Å². The Morgan fingerprint density at radius 2 is 2.05 bits per heavy atom. The highest BCUT2D eigenvalue weighted by Gasteiger charge is 2.25. The van der Waals surface area contributed by atoms with Crippen LogP contribution in [-0.4, -0.2) is 25.2 Å². The average molecular weight is 290 g/mol. The van der Waals surface area contributed by atoms with Gasteiger partial charge < -0.3 is 10.1 Å². The number of pyridine rings is 1. The van der Waals surface area contributed by atoms with Gasteiger partial charge in [0.15, 0.2) is 0 Å². The maximum absolute atomic E-state index is 5.35. The molecule has 1 aliphatic rings. The zero-order chi connectivity index (χ0) is 15.1. The van der Waals surface area contributed by atoms with E-state index in [9.17, 15) is 0 Å². The fourth-order valence-electron chi connectivity index (χ4n) is 3.38. The van der Waals surface area contributed by atoms with Crippen LogP contribution >= 0.6 is 0 Å². The Hall–Kier alpha value is -1.09. The van der Waals surface area contributed by atoms with Crippen LogP contribution in [0, 0.1) is 11.8 Å². The first-order chi connectivity index (χ1) is 10.2. The topological polar surface area (TPSA) is 34.1 Å². The summed E-state index contributed by atoms with van der Waals surface area (Å²) in [5.41, 5.74) is 1.35. The maximum Gasteiger partial charge on any atom is 0.137 e. The normalized spacial score (nSPS) is 23.0. The number of aromatic nitrogens is 1. The molecule has 0 radical (unpaired) electrons. The molecule has 118 valence electrons. The van der Waals surface area contributed by atoms with Crippen molar-refractivity contribution in [3.05, 3.63) is 24.0 Å². The number of hydrogen-bond donors (Lipinski definition) is 1. The van der Waals surface area contributed by atoms with E-state index in [1.54, 1.807) is 13.3 Å². The van der Waals surface area contributed by atoms with Gasteiger partial charge in [-0.2, -0.15) is 0 Å². The van der Waals surface area contributed by atoms with Gasteiger partial charge in [0.2, 0.25) is 0 Å². The van der Waals surface area contributed by atoms with E-state index in [2.05, 4.69) is 30.2 Å². The Bertz CT molecular complexity index is 419. The monoisotopic (exact) mass is 290 g/mol. The summed E-state index contributed by atoms with van der Waals surface area (Å²) in [5, 5.41) is 3.66. The molecule has 21 heavy (non-hydrogen) atoms. The summed E-state index contributed by atoms with van der Waals surface area (Å²) in [5.74, 6) is 2.94. The van der Waals surface area contributed by atoms with Gasteiger partial charge in [-0.3, -0.25) is 4.98 Å². The molecule has 3 nitrogen and oxygen atoms in total. The summed E-state index contributed by atoms with van der Waals surface area (Å²) in [6, 6.07) is 2.18. The smallest absolute Gasteiger partial charge is 0.137 e. The number of methoxy groups -OCH3 is 1. The second-order valence-electron chi connectivity index (χ2n) is 6.71. The molecule has 1 fully saturated rings. The molecule has 1 heterocycles. The van der Waals surface area contributed by atoms with Gasteiger partial charge in [-0.15, -0.1) is 0 Å². The molecule has 0 aromatic carbocycles. The van der Waals surface area contributed by atoms with E-state index in [4.69, 9.17) is 4.74 Å². The van der Waals surface area contributed by atoms with Crippen molar-refractivity contribution < 1.29 is 4.74 Å². The van der Waals surface area contributed by atoms with Crippen LogP contribution in [0.2, 0.25) is 0 Å². The van der Waals surface area contributed by atoms with Crippen LogP contribution in [0.25, 0.3) is 0 Å². The summed E-state index contributed by atoms with van der Waals surface area (Å²) in [6.07, 6.45) is 10.5. The lowest BCUT2D eigenvalue weighted by atomic mass is 9.83. The third kappa shape index (κ3) is 4.99. The quantitative estimate of drug-likeness (QED) is 0.804. The number of hydrogen-bond acceptors (Lipinski definition) is 3. The van der Waals surface area contributed by atoms with Crippen molar-refractivity contribution in [2.45, 2.75) is 51.9 Å². The Morgan fingerprint density at radius 1 is 1.24 bits per heavy atom. The fraction of sp³-hybridized carbons (Fsp3) is 0.722. The van der Waals surface area contributed by atoms with E-state index >= 15 is 0 Å². The first kappa shape index (κ1) is 16.3. The molecular formula is C18H30N2O. The predicted molar refractivity (Wildman–Crippen MR) is 87.8 cm³/mol. The van der Waals surface area contributed by atoms with Gasteiger partial charge in [0.05, 0.1) is 13.3 Å². The lowest BCUT2D eigenvalue weighted by molar-refractivity contribution is 0.363. The van der Waals surface area contributed by atoms with E-state index in [-0.39, 0.29) is 0 Å². The number of ether oxygens (including phenoxy) is 1. The van der Waals surface area contributed by atoms with Crippen LogP contribution in [0.5, 0.6) is 5.75 Å². The molecule has 2 rings (SSSR count). The van der Waals surface area contributed by atoms with Gasteiger partial charge in [0, 0.05) is 6.20 Å². The van der Waals surface area contributed by atoms with Crippen LogP contribution < -0.4 is 10.1 Å². The highest BCUT2D eigenvalue weighted by atomic mass is 16.5. The predicted octanol–water partition coefficient (Wildman–Crippen LogP) is 4.00. The lowest BCUT2D eigenvalue weighted by Crippen LogP contribution is -2.29. The minimum absolute atomic E-state index is 0.620. The van der Waals surface area contributed by atoms with Crippen molar-refractivity contribution in [2.75, 3.05) is 20.2 Å². The van der Waals surface area contributed by atoms with E-state index in [1.165, 1.54) is 37.7 Å². The van der Waals surface area contributed by atoms with E-state index < -0.39 is 0 Å². The molecule has 1 aromatic heterocycles. The molecule has 2 atom stereocenters. The first-order valence-electron chi connectivity index (χ1n) is 8.40. The minimum Gasteiger partial charge on any atom is -0.495 e. The van der Waals surface area contributed by atoms with Crippen molar-refractivity contribution >= 4 is 0 Å². The van der Waals surface area contributed by atoms with Gasteiger partial charge in [-0.25, -0.2) is 0 Å². The minimum atomic E-state index is 0.620. The lowest BCUT2D eigenvalue weighted by Gasteiger charge is -2.26.